The maximum atomic E-state index is 14.3. The van der Waals surface area contributed by atoms with Gasteiger partial charge in [-0.05, 0) is 97.5 Å². The number of halogens is 1. The normalized spacial score (nSPS) is 19.5. The third-order valence-corrected chi connectivity index (χ3v) is 14.4. The summed E-state index contributed by atoms with van der Waals surface area (Å²) in [5.74, 6) is -0.633. The number of pyridine rings is 1. The highest BCUT2D eigenvalue weighted by atomic mass is 35.5. The maximum Gasteiger partial charge on any atom is 0.312 e. The van der Waals surface area contributed by atoms with Gasteiger partial charge in [-0.1, -0.05) is 43.2 Å². The fraction of sp³-hybridized carbons (Fsp3) is 0.404. The molecule has 5 aromatic rings. The van der Waals surface area contributed by atoms with E-state index in [2.05, 4.69) is 55.4 Å². The summed E-state index contributed by atoms with van der Waals surface area (Å²) in [7, 11) is -2.66. The van der Waals surface area contributed by atoms with Gasteiger partial charge in [0.05, 0.1) is 34.2 Å². The molecule has 18 heteroatoms. The summed E-state index contributed by atoms with van der Waals surface area (Å²) >= 11 is 6.26. The number of amides is 1. The van der Waals surface area contributed by atoms with Crippen molar-refractivity contribution >= 4 is 66.9 Å². The summed E-state index contributed by atoms with van der Waals surface area (Å²) in [6.07, 6.45) is 4.67. The predicted octanol–water partition coefficient (Wildman–Crippen LogP) is 7.27. The molecule has 2 N–H and O–H groups in total. The molecule has 0 bridgehead atoms. The first-order valence-corrected chi connectivity index (χ1v) is 23.8. The van der Waals surface area contributed by atoms with E-state index in [0.29, 0.717) is 42.6 Å². The Balaban J connectivity index is 0.971. The molecule has 2 saturated heterocycles. The number of nitrogens with one attached hydrogen (secondary N) is 2. The molecule has 9 rings (SSSR count). The van der Waals surface area contributed by atoms with Gasteiger partial charge in [-0.2, -0.15) is 4.98 Å². The molecule has 342 valence electrons. The van der Waals surface area contributed by atoms with Gasteiger partial charge in [0.1, 0.15) is 30.7 Å². The lowest BCUT2D eigenvalue weighted by molar-refractivity contribution is -0.386. The number of H-pyrrole nitrogens is 1. The Morgan fingerprint density at radius 1 is 1.00 bits per heavy atom. The number of aromatic nitrogens is 2. The van der Waals surface area contributed by atoms with Crippen LogP contribution in [0.25, 0.3) is 16.6 Å². The first-order chi connectivity index (χ1) is 31.2. The molecule has 4 aliphatic rings. The highest BCUT2D eigenvalue weighted by Gasteiger charge is 2.32. The van der Waals surface area contributed by atoms with E-state index in [4.69, 9.17) is 25.8 Å². The summed E-state index contributed by atoms with van der Waals surface area (Å²) in [4.78, 5) is 41.9. The molecule has 5 heterocycles. The summed E-state index contributed by atoms with van der Waals surface area (Å²) in [6, 6.07) is 20.7. The average molecular weight is 926 g/mol. The van der Waals surface area contributed by atoms with E-state index in [9.17, 15) is 23.3 Å². The number of benzene rings is 3. The minimum atomic E-state index is -4.61. The lowest BCUT2D eigenvalue weighted by Crippen LogP contribution is -2.47. The number of piperazine rings is 1. The molecule has 3 aliphatic heterocycles. The molecule has 3 aromatic carbocycles. The third kappa shape index (κ3) is 9.80. The van der Waals surface area contributed by atoms with Gasteiger partial charge >= 0.3 is 5.69 Å². The van der Waals surface area contributed by atoms with Crippen LogP contribution in [0, 0.1) is 15.5 Å². The summed E-state index contributed by atoms with van der Waals surface area (Å²) in [5.41, 5.74) is 6.49. The van der Waals surface area contributed by atoms with E-state index in [0.717, 1.165) is 80.7 Å². The number of nitro groups is 1. The fourth-order valence-electron chi connectivity index (χ4n) is 9.20. The minimum absolute atomic E-state index is 0.0428. The zero-order valence-electron chi connectivity index (χ0n) is 36.7. The van der Waals surface area contributed by atoms with Crippen LogP contribution < -0.4 is 24.0 Å². The number of nitro benzene ring substituents is 1. The van der Waals surface area contributed by atoms with Crippen LogP contribution in [0.2, 0.25) is 5.02 Å². The number of hydrogen-bond donors (Lipinski definition) is 2. The lowest BCUT2D eigenvalue weighted by atomic mass is 9.72. The number of aromatic amines is 1. The molecule has 0 saturated carbocycles. The zero-order valence-corrected chi connectivity index (χ0v) is 38.3. The highest BCUT2D eigenvalue weighted by molar-refractivity contribution is 7.90. The van der Waals surface area contributed by atoms with Crippen molar-refractivity contribution in [2.75, 3.05) is 89.0 Å². The molecule has 65 heavy (non-hydrogen) atoms. The number of ether oxygens (including phenoxy) is 3. The topological polar surface area (TPSA) is 176 Å². The summed E-state index contributed by atoms with van der Waals surface area (Å²) < 4.78 is 47.4. The van der Waals surface area contributed by atoms with Crippen LogP contribution in [0.1, 0.15) is 49.0 Å². The Bertz CT molecular complexity index is 2750. The maximum absolute atomic E-state index is 14.3. The van der Waals surface area contributed by atoms with E-state index < -0.39 is 31.4 Å². The van der Waals surface area contributed by atoms with Gasteiger partial charge in [-0.25, -0.2) is 13.1 Å². The fourth-order valence-corrected chi connectivity index (χ4v) is 10.3. The number of likely N-dealkylation sites (N-methyl/N-ethyl adjacent to an activating group) is 1. The largest absolute Gasteiger partial charge is 0.484 e. The number of fused-ring (bicyclic) bond motifs is 2. The Kier molecular flexibility index (Phi) is 12.5. The lowest BCUT2D eigenvalue weighted by Gasteiger charge is -2.39. The number of allylic oxidation sites excluding steroid dienone is 1. The van der Waals surface area contributed by atoms with Gasteiger partial charge in [0.2, 0.25) is 5.88 Å². The van der Waals surface area contributed by atoms with E-state index in [-0.39, 0.29) is 36.0 Å². The molecular formula is C47H53ClN8O8S. The van der Waals surface area contributed by atoms with Crippen LogP contribution in [-0.2, 0) is 14.8 Å². The van der Waals surface area contributed by atoms with Gasteiger partial charge in [-0.15, -0.1) is 0 Å². The predicted molar refractivity (Wildman–Crippen MR) is 250 cm³/mol. The number of rotatable bonds is 12. The van der Waals surface area contributed by atoms with Crippen molar-refractivity contribution in [2.24, 2.45) is 5.41 Å². The molecule has 1 aliphatic carbocycles. The molecule has 16 nitrogen and oxygen atoms in total. The molecule has 0 radical (unpaired) electrons. The van der Waals surface area contributed by atoms with Crippen LogP contribution in [-0.4, -0.2) is 124 Å². The van der Waals surface area contributed by atoms with Crippen molar-refractivity contribution in [3.8, 4) is 11.6 Å². The second-order valence-corrected chi connectivity index (χ2v) is 20.1. The molecule has 1 atom stereocenters. The van der Waals surface area contributed by atoms with Crippen LogP contribution >= 0.6 is 11.6 Å². The van der Waals surface area contributed by atoms with Gasteiger partial charge in [0.15, 0.2) is 5.75 Å². The van der Waals surface area contributed by atoms with Crippen molar-refractivity contribution in [1.82, 2.24) is 24.5 Å². The van der Waals surface area contributed by atoms with Crippen LogP contribution in [0.3, 0.4) is 0 Å². The van der Waals surface area contributed by atoms with E-state index in [1.165, 1.54) is 28.8 Å². The van der Waals surface area contributed by atoms with Crippen LogP contribution in [0.15, 0.2) is 89.5 Å². The van der Waals surface area contributed by atoms with Crippen molar-refractivity contribution < 1.29 is 32.3 Å². The number of carbonyl (C=O) groups excluding carboxylic acids is 1. The number of morpholine rings is 1. The first-order valence-electron chi connectivity index (χ1n) is 21.9. The third-order valence-electron chi connectivity index (χ3n) is 12.8. The van der Waals surface area contributed by atoms with Gasteiger partial charge in [-0.3, -0.25) is 19.8 Å². The van der Waals surface area contributed by atoms with Crippen LogP contribution in [0.5, 0.6) is 11.6 Å². The zero-order chi connectivity index (χ0) is 45.5. The Morgan fingerprint density at radius 2 is 1.80 bits per heavy atom. The second kappa shape index (κ2) is 18.3. The Morgan fingerprint density at radius 3 is 2.57 bits per heavy atom. The van der Waals surface area contributed by atoms with Crippen molar-refractivity contribution in [3.05, 3.63) is 111 Å². The second-order valence-electron chi connectivity index (χ2n) is 18.0. The Labute approximate surface area is 383 Å². The molecule has 0 spiro atoms. The van der Waals surface area contributed by atoms with E-state index in [1.54, 1.807) is 12.3 Å². The Hall–Kier alpha value is -5.72. The quantitative estimate of drug-likeness (QED) is 0.0945. The highest BCUT2D eigenvalue weighted by Crippen LogP contribution is 2.44. The van der Waals surface area contributed by atoms with Gasteiger partial charge in [0.25, 0.3) is 15.9 Å². The van der Waals surface area contributed by atoms with E-state index in [1.807, 2.05) is 48.3 Å². The monoisotopic (exact) mass is 924 g/mol. The standard InChI is InChI=1S/C47H53ClN8O8S/c1-47(2)14-12-33(39(27-47)31-4-6-34(48)7-5-31)28-53-16-18-54(19-17-53)35-8-10-38(40(25-35)55-21-23-63-46-42(55)24-32-13-15-49-44(32)50-46)45(57)51-65(60,61)37-9-11-43(41(26-37)56(58)59)64-30-36-29-52(3)20-22-62-36/h4-11,13,15,24-26,36H,12,14,16-23,27-30H2,1-3H3,(H,49,50)(H,51,57)/t36-/m0/s1. The van der Waals surface area contributed by atoms with Crippen molar-refractivity contribution in [3.63, 3.8) is 0 Å². The number of nitrogens with zero attached hydrogens (tertiary/aromatic N) is 6. The molecule has 2 fully saturated rings. The van der Waals surface area contributed by atoms with Gasteiger partial charge in [0, 0.05) is 74.2 Å². The van der Waals surface area contributed by atoms with Gasteiger partial charge < -0.3 is 33.9 Å². The average Bonchev–Trinajstić information content (AvgIpc) is 3.75. The number of sulfonamides is 1. The van der Waals surface area contributed by atoms with Crippen molar-refractivity contribution in [1.29, 1.82) is 0 Å². The number of carbonyl (C=O) groups is 1. The summed E-state index contributed by atoms with van der Waals surface area (Å²) in [5, 5.41) is 13.7. The number of hydrogen-bond acceptors (Lipinski definition) is 13. The van der Waals surface area contributed by atoms with Crippen LogP contribution in [0.4, 0.5) is 22.7 Å². The number of anilines is 3. The SMILES string of the molecule is CN1CCO[C@H](COc2ccc(S(=O)(=O)NC(=O)c3ccc(N4CCN(CC5=C(c6ccc(Cl)cc6)CC(C)(C)CC5)CC4)cc3N3CCOc4nc5[nH]ccc5cc43)cc2[N+](=O)[O-])C1. The smallest absolute Gasteiger partial charge is 0.312 e. The van der Waals surface area contributed by atoms with Crippen molar-refractivity contribution in [2.45, 2.75) is 44.1 Å². The minimum Gasteiger partial charge on any atom is -0.484 e. The first kappa shape index (κ1) is 44.5. The molecule has 1 amide bonds. The van der Waals surface area contributed by atoms with E-state index >= 15 is 0 Å². The molecular weight excluding hydrogens is 872 g/mol. The summed E-state index contributed by atoms with van der Waals surface area (Å²) in [6.45, 7) is 11.2. The molecule has 0 unspecified atom stereocenters. The molecule has 2 aromatic heterocycles.